The third-order valence-corrected chi connectivity index (χ3v) is 5.62. The van der Waals surface area contributed by atoms with Crippen molar-refractivity contribution in [3.8, 4) is 5.88 Å². The summed E-state index contributed by atoms with van der Waals surface area (Å²) in [7, 11) is 3.77. The van der Waals surface area contributed by atoms with Crippen LogP contribution in [0.3, 0.4) is 0 Å². The molecule has 1 unspecified atom stereocenters. The van der Waals surface area contributed by atoms with E-state index in [1.54, 1.807) is 39.2 Å². The van der Waals surface area contributed by atoms with Crippen LogP contribution in [-0.2, 0) is 4.79 Å². The molecule has 9 nitrogen and oxygen atoms in total. The maximum Gasteiger partial charge on any atom is 0.325 e. The maximum absolute atomic E-state index is 12.8. The Bertz CT molecular complexity index is 972. The average molecular weight is 445 g/mol. The number of carbonyl (C=O) groups is 2. The van der Waals surface area contributed by atoms with Crippen LogP contribution in [0.4, 0.5) is 16.3 Å². The third kappa shape index (κ3) is 4.82. The predicted molar refractivity (Wildman–Crippen MR) is 118 cm³/mol. The number of hydrogen-bond acceptors (Lipinski definition) is 6. The molecule has 0 saturated carbocycles. The highest BCUT2D eigenvalue weighted by Crippen LogP contribution is 2.24. The van der Waals surface area contributed by atoms with E-state index in [1.807, 2.05) is 31.1 Å². The fourth-order valence-corrected chi connectivity index (χ4v) is 3.89. The minimum absolute atomic E-state index is 0.0541. The number of amides is 3. The molecule has 1 aromatic carbocycles. The molecule has 1 atom stereocenters. The van der Waals surface area contributed by atoms with Gasteiger partial charge in [-0.25, -0.2) is 4.79 Å². The van der Waals surface area contributed by atoms with Crippen LogP contribution in [0.15, 0.2) is 36.7 Å². The van der Waals surface area contributed by atoms with Gasteiger partial charge in [0.05, 0.1) is 18.9 Å². The molecule has 164 valence electrons. The number of anilines is 2. The van der Waals surface area contributed by atoms with E-state index in [0.29, 0.717) is 49.3 Å². The first-order chi connectivity index (χ1) is 14.9. The summed E-state index contributed by atoms with van der Waals surface area (Å²) in [6, 6.07) is 6.98. The number of aromatic nitrogens is 2. The summed E-state index contributed by atoms with van der Waals surface area (Å²) in [5, 5.41) is 0.573. The molecule has 2 fully saturated rings. The number of urea groups is 1. The van der Waals surface area contributed by atoms with Crippen molar-refractivity contribution in [3.05, 3.63) is 41.7 Å². The lowest BCUT2D eigenvalue weighted by Gasteiger charge is -2.22. The molecule has 0 radical (unpaired) electrons. The molecule has 2 aliphatic heterocycles. The average Bonchev–Trinajstić information content (AvgIpc) is 3.35. The minimum Gasteiger partial charge on any atom is -0.471 e. The van der Waals surface area contributed by atoms with Crippen LogP contribution < -0.4 is 14.5 Å². The Labute approximate surface area is 186 Å². The highest BCUT2D eigenvalue weighted by Gasteiger charge is 2.34. The van der Waals surface area contributed by atoms with Gasteiger partial charge in [-0.15, -0.1) is 0 Å². The number of carbonyl (C=O) groups excluding carboxylic acids is 2. The molecular weight excluding hydrogens is 420 g/mol. The highest BCUT2D eigenvalue weighted by molar-refractivity contribution is 6.30. The van der Waals surface area contributed by atoms with E-state index in [0.717, 1.165) is 5.69 Å². The number of ether oxygens (including phenoxy) is 1. The van der Waals surface area contributed by atoms with Crippen LogP contribution in [0.5, 0.6) is 5.88 Å². The van der Waals surface area contributed by atoms with E-state index >= 15 is 0 Å². The predicted octanol–water partition coefficient (Wildman–Crippen LogP) is 2.12. The lowest BCUT2D eigenvalue weighted by Crippen LogP contribution is -2.42. The number of likely N-dealkylation sites (tertiary alicyclic amines) is 1. The number of rotatable bonds is 6. The standard InChI is InChI=1S/C21H25ClN6O3/c1-25(2)18-11-23-12-19(24-18)31-17-6-7-26(13-17)20(29)14-27-8-9-28(21(27)30)16-5-3-4-15(22)10-16/h3-5,10-12,17H,6-9,13-14H2,1-2H3. The second-order valence-electron chi connectivity index (χ2n) is 7.81. The quantitative estimate of drug-likeness (QED) is 0.678. The normalized spacial score (nSPS) is 18.6. The highest BCUT2D eigenvalue weighted by atomic mass is 35.5. The van der Waals surface area contributed by atoms with Crippen molar-refractivity contribution in [2.45, 2.75) is 12.5 Å². The number of halogens is 1. The van der Waals surface area contributed by atoms with Gasteiger partial charge in [-0.1, -0.05) is 17.7 Å². The molecule has 1 aromatic heterocycles. The van der Waals surface area contributed by atoms with E-state index in [9.17, 15) is 9.59 Å². The van der Waals surface area contributed by atoms with Gasteiger partial charge < -0.3 is 19.4 Å². The van der Waals surface area contributed by atoms with Crippen LogP contribution in [0.2, 0.25) is 5.02 Å². The number of nitrogens with zero attached hydrogens (tertiary/aromatic N) is 6. The van der Waals surface area contributed by atoms with Crippen molar-refractivity contribution < 1.29 is 14.3 Å². The number of hydrogen-bond donors (Lipinski definition) is 0. The van der Waals surface area contributed by atoms with Crippen molar-refractivity contribution in [2.24, 2.45) is 0 Å². The molecule has 4 rings (SSSR count). The molecular formula is C21H25ClN6O3. The van der Waals surface area contributed by atoms with Gasteiger partial charge in [0.1, 0.15) is 12.6 Å². The van der Waals surface area contributed by atoms with E-state index in [-0.39, 0.29) is 24.6 Å². The molecule has 0 aliphatic carbocycles. The first-order valence-electron chi connectivity index (χ1n) is 10.2. The van der Waals surface area contributed by atoms with E-state index < -0.39 is 0 Å². The van der Waals surface area contributed by atoms with E-state index in [1.165, 1.54) is 0 Å². The Kier molecular flexibility index (Phi) is 6.13. The maximum atomic E-state index is 12.8. The minimum atomic E-state index is -0.182. The first-order valence-corrected chi connectivity index (χ1v) is 10.5. The van der Waals surface area contributed by atoms with Crippen LogP contribution in [0.1, 0.15) is 6.42 Å². The first kappa shape index (κ1) is 21.2. The summed E-state index contributed by atoms with van der Waals surface area (Å²) in [4.78, 5) is 40.9. The fraction of sp³-hybridized carbons (Fsp3) is 0.429. The van der Waals surface area contributed by atoms with Crippen molar-refractivity contribution in [3.63, 3.8) is 0 Å². The van der Waals surface area contributed by atoms with Gasteiger partial charge in [0.25, 0.3) is 0 Å². The van der Waals surface area contributed by atoms with Crippen molar-refractivity contribution in [1.82, 2.24) is 19.8 Å². The Morgan fingerprint density at radius 1 is 1.26 bits per heavy atom. The molecule has 0 bridgehead atoms. The van der Waals surface area contributed by atoms with Gasteiger partial charge in [0.2, 0.25) is 11.8 Å². The molecule has 0 N–H and O–H groups in total. The van der Waals surface area contributed by atoms with Gasteiger partial charge in [-0.3, -0.25) is 14.7 Å². The van der Waals surface area contributed by atoms with Gasteiger partial charge in [0, 0.05) is 50.9 Å². The van der Waals surface area contributed by atoms with Crippen LogP contribution in [0.25, 0.3) is 0 Å². The van der Waals surface area contributed by atoms with Crippen LogP contribution >= 0.6 is 11.6 Å². The zero-order valence-electron chi connectivity index (χ0n) is 17.6. The van der Waals surface area contributed by atoms with Gasteiger partial charge in [0.15, 0.2) is 5.82 Å². The Morgan fingerprint density at radius 3 is 2.87 bits per heavy atom. The molecule has 2 aromatic rings. The second-order valence-corrected chi connectivity index (χ2v) is 8.25. The Hall–Kier alpha value is -3.07. The van der Waals surface area contributed by atoms with Crippen molar-refractivity contribution in [2.75, 3.05) is 56.6 Å². The monoisotopic (exact) mass is 444 g/mol. The van der Waals surface area contributed by atoms with Crippen molar-refractivity contribution >= 4 is 35.0 Å². The summed E-state index contributed by atoms with van der Waals surface area (Å²) in [6.07, 6.45) is 3.80. The van der Waals surface area contributed by atoms with Gasteiger partial charge in [-0.05, 0) is 18.2 Å². The van der Waals surface area contributed by atoms with E-state index in [4.69, 9.17) is 16.3 Å². The fourth-order valence-electron chi connectivity index (χ4n) is 3.71. The lowest BCUT2D eigenvalue weighted by molar-refractivity contribution is -0.130. The molecule has 10 heteroatoms. The molecule has 2 aliphatic rings. The molecule has 3 amide bonds. The smallest absolute Gasteiger partial charge is 0.325 e. The zero-order chi connectivity index (χ0) is 22.0. The van der Waals surface area contributed by atoms with Crippen molar-refractivity contribution in [1.29, 1.82) is 0 Å². The summed E-state index contributed by atoms with van der Waals surface area (Å²) in [5.41, 5.74) is 0.739. The molecule has 2 saturated heterocycles. The third-order valence-electron chi connectivity index (χ3n) is 5.38. The Balaban J connectivity index is 1.31. The Morgan fingerprint density at radius 2 is 2.10 bits per heavy atom. The molecule has 31 heavy (non-hydrogen) atoms. The molecule has 0 spiro atoms. The topological polar surface area (TPSA) is 82.1 Å². The lowest BCUT2D eigenvalue weighted by atomic mass is 10.3. The largest absolute Gasteiger partial charge is 0.471 e. The SMILES string of the molecule is CN(C)c1cncc(OC2CCN(C(=O)CN3CCN(c4cccc(Cl)c4)C3=O)C2)n1. The zero-order valence-corrected chi connectivity index (χ0v) is 18.3. The second kappa shape index (κ2) is 8.97. The summed E-state index contributed by atoms with van der Waals surface area (Å²) in [6.45, 7) is 2.13. The molecule has 3 heterocycles. The summed E-state index contributed by atoms with van der Waals surface area (Å²) >= 11 is 6.04. The summed E-state index contributed by atoms with van der Waals surface area (Å²) in [5.74, 6) is 1.07. The van der Waals surface area contributed by atoms with Crippen LogP contribution in [-0.4, -0.2) is 84.6 Å². The van der Waals surface area contributed by atoms with Gasteiger partial charge >= 0.3 is 6.03 Å². The number of benzene rings is 1. The van der Waals surface area contributed by atoms with Gasteiger partial charge in [-0.2, -0.15) is 4.98 Å². The van der Waals surface area contributed by atoms with E-state index in [2.05, 4.69) is 9.97 Å². The van der Waals surface area contributed by atoms with Crippen LogP contribution in [0, 0.1) is 0 Å². The summed E-state index contributed by atoms with van der Waals surface area (Å²) < 4.78 is 5.93.